The van der Waals surface area contributed by atoms with Gasteiger partial charge in [-0.05, 0) is 42.5 Å². The second-order valence-corrected chi connectivity index (χ2v) is 3.84. The van der Waals surface area contributed by atoms with Crippen LogP contribution in [0.25, 0.3) is 10.9 Å². The van der Waals surface area contributed by atoms with Crippen molar-refractivity contribution in [1.29, 1.82) is 0 Å². The third-order valence-electron chi connectivity index (χ3n) is 2.99. The molecule has 0 bridgehead atoms. The normalized spacial score (nSPS) is 14.6. The summed E-state index contributed by atoms with van der Waals surface area (Å²) >= 11 is 0. The second-order valence-electron chi connectivity index (χ2n) is 3.84. The predicted octanol–water partition coefficient (Wildman–Crippen LogP) is 2.02. The zero-order valence-electron chi connectivity index (χ0n) is 7.84. The van der Waals surface area contributed by atoms with Gasteiger partial charge in [0.1, 0.15) is 0 Å². The molecular weight excluding hydrogens is 174 g/mol. The molecular formula is C12H11NO. The Morgan fingerprint density at radius 3 is 2.93 bits per heavy atom. The van der Waals surface area contributed by atoms with E-state index in [-0.39, 0.29) is 5.56 Å². The molecule has 3 rings (SSSR count). The van der Waals surface area contributed by atoms with Crippen molar-refractivity contribution in [3.63, 3.8) is 0 Å². The minimum absolute atomic E-state index is 0.0181. The molecule has 2 aromatic rings. The summed E-state index contributed by atoms with van der Waals surface area (Å²) in [5.74, 6) is 0. The Morgan fingerprint density at radius 2 is 2.00 bits per heavy atom. The van der Waals surface area contributed by atoms with Crippen LogP contribution in [0, 0.1) is 0 Å². The summed E-state index contributed by atoms with van der Waals surface area (Å²) in [5, 5.41) is 1.22. The number of rotatable bonds is 0. The van der Waals surface area contributed by atoms with Gasteiger partial charge in [0, 0.05) is 17.0 Å². The van der Waals surface area contributed by atoms with E-state index in [2.05, 4.69) is 11.1 Å². The molecule has 0 saturated carbocycles. The van der Waals surface area contributed by atoms with E-state index in [1.807, 2.05) is 12.1 Å². The highest BCUT2D eigenvalue weighted by atomic mass is 16.1. The van der Waals surface area contributed by atoms with Crippen LogP contribution in [0.15, 0.2) is 29.1 Å². The Balaban J connectivity index is 2.44. The molecule has 14 heavy (non-hydrogen) atoms. The molecule has 0 saturated heterocycles. The standard InChI is InChI=1S/C12H11NO/c14-12-7-5-10-9-3-1-2-8(9)4-6-11(10)13-12/h4-7H,1-3H2,(H,13,14). The fourth-order valence-electron chi connectivity index (χ4n) is 2.33. The first-order chi connectivity index (χ1) is 6.84. The van der Waals surface area contributed by atoms with Crippen LogP contribution in [0.1, 0.15) is 17.5 Å². The van der Waals surface area contributed by atoms with Crippen LogP contribution in [0.5, 0.6) is 0 Å². The predicted molar refractivity (Wildman–Crippen MR) is 56.6 cm³/mol. The van der Waals surface area contributed by atoms with Crippen molar-refractivity contribution in [3.05, 3.63) is 45.7 Å². The van der Waals surface area contributed by atoms with Crippen LogP contribution in [0.3, 0.4) is 0 Å². The molecule has 0 spiro atoms. The number of fused-ring (bicyclic) bond motifs is 3. The van der Waals surface area contributed by atoms with Crippen LogP contribution in [-0.4, -0.2) is 4.98 Å². The van der Waals surface area contributed by atoms with Gasteiger partial charge in [-0.3, -0.25) is 4.79 Å². The van der Waals surface area contributed by atoms with Crippen LogP contribution < -0.4 is 5.56 Å². The van der Waals surface area contributed by atoms with E-state index in [4.69, 9.17) is 0 Å². The van der Waals surface area contributed by atoms with Crippen molar-refractivity contribution in [2.24, 2.45) is 0 Å². The van der Waals surface area contributed by atoms with Crippen LogP contribution in [0.4, 0.5) is 0 Å². The summed E-state index contributed by atoms with van der Waals surface area (Å²) in [6, 6.07) is 7.71. The molecule has 70 valence electrons. The van der Waals surface area contributed by atoms with Crippen LogP contribution >= 0.6 is 0 Å². The zero-order valence-corrected chi connectivity index (χ0v) is 7.84. The number of aromatic amines is 1. The van der Waals surface area contributed by atoms with Gasteiger partial charge in [0.2, 0.25) is 5.56 Å². The third kappa shape index (κ3) is 1.00. The molecule has 1 aliphatic carbocycles. The van der Waals surface area contributed by atoms with Crippen LogP contribution in [-0.2, 0) is 12.8 Å². The average Bonchev–Trinajstić information content (AvgIpc) is 2.65. The molecule has 1 aromatic heterocycles. The maximum absolute atomic E-state index is 11.1. The average molecular weight is 185 g/mol. The number of aryl methyl sites for hydroxylation is 2. The van der Waals surface area contributed by atoms with Crippen LogP contribution in [0.2, 0.25) is 0 Å². The molecule has 0 atom stereocenters. The van der Waals surface area contributed by atoms with E-state index in [1.54, 1.807) is 6.07 Å². The molecule has 0 unspecified atom stereocenters. The van der Waals surface area contributed by atoms with Gasteiger partial charge < -0.3 is 4.98 Å². The van der Waals surface area contributed by atoms with E-state index < -0.39 is 0 Å². The van der Waals surface area contributed by atoms with Gasteiger partial charge in [-0.15, -0.1) is 0 Å². The molecule has 0 amide bonds. The second kappa shape index (κ2) is 2.71. The van der Waals surface area contributed by atoms with Gasteiger partial charge in [-0.1, -0.05) is 6.07 Å². The highest BCUT2D eigenvalue weighted by molar-refractivity contribution is 5.83. The Morgan fingerprint density at radius 1 is 1.07 bits per heavy atom. The molecule has 1 heterocycles. The summed E-state index contributed by atoms with van der Waals surface area (Å²) in [7, 11) is 0. The van der Waals surface area contributed by atoms with Crippen molar-refractivity contribution in [2.45, 2.75) is 19.3 Å². The number of hydrogen-bond donors (Lipinski definition) is 1. The summed E-state index contributed by atoms with van der Waals surface area (Å²) in [6.45, 7) is 0. The van der Waals surface area contributed by atoms with Gasteiger partial charge in [-0.2, -0.15) is 0 Å². The van der Waals surface area contributed by atoms with E-state index in [0.717, 1.165) is 11.9 Å². The van der Waals surface area contributed by atoms with Gasteiger partial charge in [0.25, 0.3) is 0 Å². The Hall–Kier alpha value is -1.57. The fourth-order valence-corrected chi connectivity index (χ4v) is 2.33. The van der Waals surface area contributed by atoms with Crippen molar-refractivity contribution in [3.8, 4) is 0 Å². The van der Waals surface area contributed by atoms with Crippen molar-refractivity contribution in [1.82, 2.24) is 4.98 Å². The summed E-state index contributed by atoms with van der Waals surface area (Å²) in [6.07, 6.45) is 3.58. The first-order valence-electron chi connectivity index (χ1n) is 4.98. The largest absolute Gasteiger partial charge is 0.322 e. The first-order valence-corrected chi connectivity index (χ1v) is 4.98. The third-order valence-corrected chi connectivity index (χ3v) is 2.99. The lowest BCUT2D eigenvalue weighted by Crippen LogP contribution is -2.03. The molecule has 0 aliphatic heterocycles. The minimum Gasteiger partial charge on any atom is -0.322 e. The summed E-state index contributed by atoms with van der Waals surface area (Å²) in [4.78, 5) is 14.0. The molecule has 2 nitrogen and oxygen atoms in total. The summed E-state index contributed by atoms with van der Waals surface area (Å²) in [5.41, 5.74) is 3.83. The SMILES string of the molecule is O=c1ccc2c3c(ccc2[nH]1)CCC3. The molecule has 0 fully saturated rings. The smallest absolute Gasteiger partial charge is 0.248 e. The van der Waals surface area contributed by atoms with Gasteiger partial charge in [0.15, 0.2) is 0 Å². The Kier molecular flexibility index (Phi) is 1.51. The van der Waals surface area contributed by atoms with E-state index >= 15 is 0 Å². The zero-order chi connectivity index (χ0) is 9.54. The van der Waals surface area contributed by atoms with E-state index in [0.29, 0.717) is 0 Å². The lowest BCUT2D eigenvalue weighted by molar-refractivity contribution is 0.913. The van der Waals surface area contributed by atoms with Gasteiger partial charge >= 0.3 is 0 Å². The van der Waals surface area contributed by atoms with Gasteiger partial charge in [0.05, 0.1) is 0 Å². The highest BCUT2D eigenvalue weighted by Gasteiger charge is 2.13. The molecule has 1 aliphatic rings. The molecule has 1 aromatic carbocycles. The van der Waals surface area contributed by atoms with E-state index in [9.17, 15) is 4.79 Å². The number of pyridine rings is 1. The Labute approximate surface area is 81.6 Å². The van der Waals surface area contributed by atoms with Crippen molar-refractivity contribution in [2.75, 3.05) is 0 Å². The maximum Gasteiger partial charge on any atom is 0.248 e. The minimum atomic E-state index is -0.0181. The topological polar surface area (TPSA) is 32.9 Å². The van der Waals surface area contributed by atoms with E-state index in [1.165, 1.54) is 29.4 Å². The first kappa shape index (κ1) is 7.80. The Bertz CT molecular complexity index is 554. The molecule has 2 heteroatoms. The summed E-state index contributed by atoms with van der Waals surface area (Å²) < 4.78 is 0. The number of aromatic nitrogens is 1. The maximum atomic E-state index is 11.1. The van der Waals surface area contributed by atoms with Gasteiger partial charge in [-0.25, -0.2) is 0 Å². The molecule has 1 N–H and O–H groups in total. The lowest BCUT2D eigenvalue weighted by Gasteiger charge is -2.03. The van der Waals surface area contributed by atoms with Crippen molar-refractivity contribution >= 4 is 10.9 Å². The number of hydrogen-bond acceptors (Lipinski definition) is 1. The number of benzene rings is 1. The number of nitrogens with one attached hydrogen (secondary N) is 1. The number of H-pyrrole nitrogens is 1. The monoisotopic (exact) mass is 185 g/mol. The van der Waals surface area contributed by atoms with Crippen molar-refractivity contribution < 1.29 is 0 Å². The molecule has 0 radical (unpaired) electrons. The fraction of sp³-hybridized carbons (Fsp3) is 0.250. The lowest BCUT2D eigenvalue weighted by atomic mass is 10.0. The quantitative estimate of drug-likeness (QED) is 0.669. The highest BCUT2D eigenvalue weighted by Crippen LogP contribution is 2.27.